The molecule has 0 aliphatic heterocycles. The molecular formula is C21H14N8O4. The molecule has 0 spiro atoms. The average Bonchev–Trinajstić information content (AvgIpc) is 3.47. The molecule has 5 aromatic rings. The maximum Gasteiger partial charge on any atom is 0.276 e. The minimum absolute atomic E-state index is 0.0116. The van der Waals surface area contributed by atoms with Crippen LogP contribution in [0.4, 0.5) is 17.6 Å². The molecule has 0 bridgehead atoms. The molecule has 162 valence electrons. The lowest BCUT2D eigenvalue weighted by Gasteiger charge is -2.03. The number of amides is 2. The highest BCUT2D eigenvalue weighted by atomic mass is 16.6. The molecule has 0 aliphatic carbocycles. The highest BCUT2D eigenvalue weighted by Gasteiger charge is 2.21. The van der Waals surface area contributed by atoms with Crippen LogP contribution in [0.1, 0.15) is 20.8 Å². The van der Waals surface area contributed by atoms with Crippen molar-refractivity contribution in [3.05, 3.63) is 82.4 Å². The first-order valence-corrected chi connectivity index (χ1v) is 9.63. The molecule has 0 radical (unpaired) electrons. The van der Waals surface area contributed by atoms with Gasteiger partial charge in [-0.25, -0.2) is 9.97 Å². The Morgan fingerprint density at radius 3 is 2.52 bits per heavy atom. The minimum Gasteiger partial charge on any atom is -0.331 e. The average molecular weight is 442 g/mol. The van der Waals surface area contributed by atoms with Gasteiger partial charge in [0.05, 0.1) is 16.0 Å². The van der Waals surface area contributed by atoms with Crippen LogP contribution < -0.4 is 10.6 Å². The van der Waals surface area contributed by atoms with Gasteiger partial charge in [-0.05, 0) is 11.5 Å². The van der Waals surface area contributed by atoms with Gasteiger partial charge in [-0.3, -0.25) is 35.3 Å². The molecule has 3 heterocycles. The molecule has 0 atom stereocenters. The lowest BCUT2D eigenvalue weighted by molar-refractivity contribution is -0.384. The third kappa shape index (κ3) is 3.83. The number of hydrogen-bond donors (Lipinski definition) is 4. The van der Waals surface area contributed by atoms with E-state index in [0.717, 1.165) is 16.8 Å². The summed E-state index contributed by atoms with van der Waals surface area (Å²) in [6.45, 7) is 0. The second-order valence-electron chi connectivity index (χ2n) is 6.99. The van der Waals surface area contributed by atoms with Crippen LogP contribution in [0.2, 0.25) is 0 Å². The monoisotopic (exact) mass is 442 g/mol. The number of fused-ring (bicyclic) bond motifs is 2. The Balaban J connectivity index is 1.49. The van der Waals surface area contributed by atoms with E-state index >= 15 is 0 Å². The number of H-pyrrole nitrogens is 2. The Hall–Kier alpha value is -5.13. The number of hydrogen-bond acceptors (Lipinski definition) is 7. The SMILES string of the molecule is O=C(Nc1nc2c(C(=O)Nc3ncc[nH]3)cc([N+](=O)[O-])cc2[nH]1)c1cc2ccccc2cn1. The summed E-state index contributed by atoms with van der Waals surface area (Å²) < 4.78 is 0. The van der Waals surface area contributed by atoms with Gasteiger partial charge >= 0.3 is 0 Å². The fraction of sp³-hybridized carbons (Fsp3) is 0. The van der Waals surface area contributed by atoms with E-state index in [1.165, 1.54) is 18.5 Å². The number of benzene rings is 2. The number of carbonyl (C=O) groups is 2. The lowest BCUT2D eigenvalue weighted by atomic mass is 10.1. The molecule has 0 saturated heterocycles. The predicted molar refractivity (Wildman–Crippen MR) is 119 cm³/mol. The summed E-state index contributed by atoms with van der Waals surface area (Å²) in [5.41, 5.74) is 0.138. The quantitative estimate of drug-likeness (QED) is 0.239. The third-order valence-corrected chi connectivity index (χ3v) is 4.85. The summed E-state index contributed by atoms with van der Waals surface area (Å²) in [7, 11) is 0. The fourth-order valence-corrected chi connectivity index (χ4v) is 3.33. The van der Waals surface area contributed by atoms with Gasteiger partial charge < -0.3 is 9.97 Å². The first kappa shape index (κ1) is 19.8. The van der Waals surface area contributed by atoms with Crippen LogP contribution in [0.25, 0.3) is 21.8 Å². The van der Waals surface area contributed by atoms with E-state index in [-0.39, 0.29) is 39.9 Å². The van der Waals surface area contributed by atoms with Crippen LogP contribution in [0, 0.1) is 10.1 Å². The molecule has 0 aliphatic rings. The zero-order valence-corrected chi connectivity index (χ0v) is 16.7. The molecule has 2 aromatic carbocycles. The van der Waals surface area contributed by atoms with E-state index in [0.29, 0.717) is 0 Å². The number of nitro benzene ring substituents is 1. The Bertz CT molecular complexity index is 1540. The number of aromatic nitrogens is 5. The number of rotatable bonds is 5. The Kier molecular flexibility index (Phi) is 4.71. The number of imidazole rings is 2. The number of pyridine rings is 1. The van der Waals surface area contributed by atoms with Crippen LogP contribution in [0.3, 0.4) is 0 Å². The van der Waals surface area contributed by atoms with Crippen LogP contribution in [-0.2, 0) is 0 Å². The summed E-state index contributed by atoms with van der Waals surface area (Å²) in [5.74, 6) is -1.00. The molecule has 0 unspecified atom stereocenters. The van der Waals surface area contributed by atoms with E-state index in [9.17, 15) is 19.7 Å². The number of nitrogens with zero attached hydrogens (tertiary/aromatic N) is 4. The molecule has 0 fully saturated rings. The zero-order valence-electron chi connectivity index (χ0n) is 16.7. The maximum atomic E-state index is 12.7. The molecule has 0 saturated carbocycles. The standard InChI is InChI=1S/C21H14N8O4/c30-18(27-20-22-5-6-23-20)14-8-13(29(32)33)9-15-17(14)26-21(25-15)28-19(31)16-7-11-3-1-2-4-12(11)10-24-16/h1-10H,(H2,22,23,27,30)(H2,25,26,28,31). The molecule has 3 aromatic heterocycles. The van der Waals surface area contributed by atoms with Crippen molar-refractivity contribution in [3.63, 3.8) is 0 Å². The second kappa shape index (κ2) is 7.85. The topological polar surface area (TPSA) is 172 Å². The number of nitro groups is 1. The second-order valence-corrected chi connectivity index (χ2v) is 6.99. The molecule has 4 N–H and O–H groups in total. The Morgan fingerprint density at radius 2 is 1.76 bits per heavy atom. The summed E-state index contributed by atoms with van der Waals surface area (Å²) >= 11 is 0. The highest BCUT2D eigenvalue weighted by Crippen LogP contribution is 2.26. The van der Waals surface area contributed by atoms with Crippen LogP contribution >= 0.6 is 0 Å². The summed E-state index contributed by atoms with van der Waals surface area (Å²) in [6, 6.07) is 11.4. The van der Waals surface area contributed by atoms with Crippen LogP contribution in [0.5, 0.6) is 0 Å². The highest BCUT2D eigenvalue weighted by molar-refractivity contribution is 6.12. The van der Waals surface area contributed by atoms with Crippen molar-refractivity contribution < 1.29 is 14.5 Å². The summed E-state index contributed by atoms with van der Waals surface area (Å²) in [6.07, 6.45) is 4.55. The zero-order chi connectivity index (χ0) is 22.9. The first-order chi connectivity index (χ1) is 16.0. The van der Waals surface area contributed by atoms with Crippen molar-refractivity contribution in [3.8, 4) is 0 Å². The van der Waals surface area contributed by atoms with Gasteiger partial charge in [0.15, 0.2) is 0 Å². The third-order valence-electron chi connectivity index (χ3n) is 4.85. The van der Waals surface area contributed by atoms with Crippen molar-refractivity contribution in [1.29, 1.82) is 0 Å². The Labute approximate surface area is 184 Å². The molecule has 12 heteroatoms. The van der Waals surface area contributed by atoms with Gasteiger partial charge in [0, 0.05) is 36.1 Å². The van der Waals surface area contributed by atoms with Gasteiger partial charge in [0.2, 0.25) is 11.9 Å². The Morgan fingerprint density at radius 1 is 0.970 bits per heavy atom. The van der Waals surface area contributed by atoms with Gasteiger partial charge in [0.25, 0.3) is 17.5 Å². The largest absolute Gasteiger partial charge is 0.331 e. The van der Waals surface area contributed by atoms with E-state index in [1.807, 2.05) is 24.3 Å². The van der Waals surface area contributed by atoms with Gasteiger partial charge in [-0.2, -0.15) is 0 Å². The maximum absolute atomic E-state index is 12.7. The van der Waals surface area contributed by atoms with E-state index < -0.39 is 16.7 Å². The number of nitrogens with one attached hydrogen (secondary N) is 4. The van der Waals surface area contributed by atoms with Gasteiger partial charge in [0.1, 0.15) is 11.2 Å². The number of non-ortho nitro benzene ring substituents is 1. The predicted octanol–water partition coefficient (Wildman–Crippen LogP) is 3.25. The van der Waals surface area contributed by atoms with E-state index in [4.69, 9.17) is 0 Å². The molecule has 12 nitrogen and oxygen atoms in total. The number of anilines is 2. The lowest BCUT2D eigenvalue weighted by Crippen LogP contribution is -2.15. The first-order valence-electron chi connectivity index (χ1n) is 9.63. The van der Waals surface area contributed by atoms with Gasteiger partial charge in [-0.15, -0.1) is 0 Å². The molecule has 5 rings (SSSR count). The van der Waals surface area contributed by atoms with Crippen molar-refractivity contribution in [2.24, 2.45) is 0 Å². The van der Waals surface area contributed by atoms with Crippen molar-refractivity contribution in [2.45, 2.75) is 0 Å². The molecular weight excluding hydrogens is 428 g/mol. The van der Waals surface area contributed by atoms with Crippen LogP contribution in [0.15, 0.2) is 61.1 Å². The summed E-state index contributed by atoms with van der Waals surface area (Å²) in [4.78, 5) is 54.0. The van der Waals surface area contributed by atoms with Crippen molar-refractivity contribution in [1.82, 2.24) is 24.9 Å². The number of carbonyl (C=O) groups excluding carboxylic acids is 2. The fourth-order valence-electron chi connectivity index (χ4n) is 3.33. The van der Waals surface area contributed by atoms with Crippen molar-refractivity contribution >= 4 is 51.2 Å². The normalized spacial score (nSPS) is 10.9. The minimum atomic E-state index is -0.653. The van der Waals surface area contributed by atoms with E-state index in [2.05, 4.69) is 35.6 Å². The van der Waals surface area contributed by atoms with E-state index in [1.54, 1.807) is 12.3 Å². The molecule has 2 amide bonds. The summed E-state index contributed by atoms with van der Waals surface area (Å²) in [5, 5.41) is 18.2. The smallest absolute Gasteiger partial charge is 0.276 e. The molecule has 33 heavy (non-hydrogen) atoms. The van der Waals surface area contributed by atoms with Crippen LogP contribution in [-0.4, -0.2) is 41.7 Å². The number of aromatic amines is 2. The van der Waals surface area contributed by atoms with Gasteiger partial charge in [-0.1, -0.05) is 24.3 Å². The van der Waals surface area contributed by atoms with Crippen molar-refractivity contribution in [2.75, 3.05) is 10.6 Å².